The SMILES string of the molecule is CC(C)Cc1c(Br)ccc(P)c1O. The molecule has 13 heavy (non-hydrogen) atoms. The summed E-state index contributed by atoms with van der Waals surface area (Å²) < 4.78 is 0.991. The van der Waals surface area contributed by atoms with Crippen LogP contribution in [0.15, 0.2) is 16.6 Å². The van der Waals surface area contributed by atoms with Crippen LogP contribution in [0, 0.1) is 5.92 Å². The molecule has 3 heteroatoms. The third-order valence-electron chi connectivity index (χ3n) is 1.87. The van der Waals surface area contributed by atoms with Gasteiger partial charge in [-0.25, -0.2) is 0 Å². The highest BCUT2D eigenvalue weighted by atomic mass is 79.9. The van der Waals surface area contributed by atoms with Crippen molar-refractivity contribution in [3.8, 4) is 5.75 Å². The van der Waals surface area contributed by atoms with Gasteiger partial charge in [-0.05, 0) is 18.4 Å². The quantitative estimate of drug-likeness (QED) is 0.811. The first-order valence-electron chi connectivity index (χ1n) is 4.28. The van der Waals surface area contributed by atoms with Crippen molar-refractivity contribution in [3.05, 3.63) is 22.2 Å². The van der Waals surface area contributed by atoms with E-state index in [9.17, 15) is 5.11 Å². The molecule has 1 nitrogen and oxygen atoms in total. The fourth-order valence-electron chi connectivity index (χ4n) is 1.23. The second-order valence-electron chi connectivity index (χ2n) is 3.56. The maximum atomic E-state index is 9.78. The van der Waals surface area contributed by atoms with Crippen molar-refractivity contribution in [2.75, 3.05) is 0 Å². The van der Waals surface area contributed by atoms with Crippen molar-refractivity contribution < 1.29 is 5.11 Å². The van der Waals surface area contributed by atoms with Gasteiger partial charge < -0.3 is 5.11 Å². The van der Waals surface area contributed by atoms with Gasteiger partial charge in [0.05, 0.1) is 0 Å². The van der Waals surface area contributed by atoms with Gasteiger partial charge in [-0.1, -0.05) is 35.8 Å². The first kappa shape index (κ1) is 11.0. The molecule has 72 valence electrons. The van der Waals surface area contributed by atoms with Crippen LogP contribution in [0.5, 0.6) is 5.75 Å². The van der Waals surface area contributed by atoms with Crippen LogP contribution in [0.3, 0.4) is 0 Å². The monoisotopic (exact) mass is 260 g/mol. The molecule has 0 bridgehead atoms. The van der Waals surface area contributed by atoms with Crippen molar-refractivity contribution in [2.45, 2.75) is 20.3 Å². The summed E-state index contributed by atoms with van der Waals surface area (Å²) >= 11 is 3.44. The van der Waals surface area contributed by atoms with Crippen molar-refractivity contribution >= 4 is 30.5 Å². The van der Waals surface area contributed by atoms with Crippen molar-refractivity contribution in [2.24, 2.45) is 5.92 Å². The number of benzene rings is 1. The molecule has 0 aliphatic heterocycles. The molecule has 0 aliphatic rings. The lowest BCUT2D eigenvalue weighted by Crippen LogP contribution is -2.01. The van der Waals surface area contributed by atoms with E-state index in [1.165, 1.54) is 0 Å². The highest BCUT2D eigenvalue weighted by Gasteiger charge is 2.09. The van der Waals surface area contributed by atoms with Crippen LogP contribution in [0.2, 0.25) is 0 Å². The minimum Gasteiger partial charge on any atom is -0.507 e. The van der Waals surface area contributed by atoms with Crippen molar-refractivity contribution in [3.63, 3.8) is 0 Å². The van der Waals surface area contributed by atoms with Gasteiger partial charge in [-0.15, -0.1) is 9.24 Å². The third kappa shape index (κ3) is 2.69. The summed E-state index contributed by atoms with van der Waals surface area (Å²) in [7, 11) is 2.53. The number of halogens is 1. The predicted molar refractivity (Wildman–Crippen MR) is 63.7 cm³/mol. The zero-order valence-corrected chi connectivity index (χ0v) is 10.6. The zero-order valence-electron chi connectivity index (χ0n) is 7.84. The molecule has 0 amide bonds. The number of hydrogen-bond acceptors (Lipinski definition) is 1. The van der Waals surface area contributed by atoms with Gasteiger partial charge >= 0.3 is 0 Å². The summed E-state index contributed by atoms with van der Waals surface area (Å²) in [6, 6.07) is 3.85. The van der Waals surface area contributed by atoms with Gasteiger partial charge in [0, 0.05) is 15.3 Å². The van der Waals surface area contributed by atoms with Gasteiger partial charge in [0.1, 0.15) is 5.75 Å². The molecule has 1 unspecified atom stereocenters. The largest absolute Gasteiger partial charge is 0.507 e. The fourth-order valence-corrected chi connectivity index (χ4v) is 1.98. The Bertz CT molecular complexity index is 310. The molecule has 0 saturated carbocycles. The number of phenolic OH excluding ortho intramolecular Hbond substituents is 1. The molecule has 1 aromatic carbocycles. The Kier molecular flexibility index (Phi) is 3.75. The smallest absolute Gasteiger partial charge is 0.127 e. The van der Waals surface area contributed by atoms with E-state index in [0.717, 1.165) is 21.8 Å². The Morgan fingerprint density at radius 3 is 2.62 bits per heavy atom. The van der Waals surface area contributed by atoms with E-state index in [-0.39, 0.29) is 0 Å². The van der Waals surface area contributed by atoms with Crippen LogP contribution in [0.1, 0.15) is 19.4 Å². The summed E-state index contributed by atoms with van der Waals surface area (Å²) in [5, 5.41) is 10.6. The van der Waals surface area contributed by atoms with Crippen LogP contribution in [-0.4, -0.2) is 5.11 Å². The number of phenols is 1. The molecule has 0 aliphatic carbocycles. The van der Waals surface area contributed by atoms with Crippen LogP contribution >= 0.6 is 25.2 Å². The van der Waals surface area contributed by atoms with E-state index in [4.69, 9.17) is 0 Å². The first-order valence-corrected chi connectivity index (χ1v) is 5.65. The predicted octanol–water partition coefficient (Wildman–Crippen LogP) is 2.85. The van der Waals surface area contributed by atoms with E-state index in [2.05, 4.69) is 39.0 Å². The van der Waals surface area contributed by atoms with Gasteiger partial charge in [0.2, 0.25) is 0 Å². The second-order valence-corrected chi connectivity index (χ2v) is 5.04. The maximum Gasteiger partial charge on any atom is 0.127 e. The Hall–Kier alpha value is -0.0700. The maximum absolute atomic E-state index is 9.78. The van der Waals surface area contributed by atoms with Crippen LogP contribution in [-0.2, 0) is 6.42 Å². The highest BCUT2D eigenvalue weighted by Crippen LogP contribution is 2.27. The fraction of sp³-hybridized carbons (Fsp3) is 0.400. The zero-order chi connectivity index (χ0) is 10.0. The van der Waals surface area contributed by atoms with Crippen molar-refractivity contribution in [1.29, 1.82) is 0 Å². The lowest BCUT2D eigenvalue weighted by Gasteiger charge is -2.11. The topological polar surface area (TPSA) is 20.2 Å². The van der Waals surface area contributed by atoms with Crippen molar-refractivity contribution in [1.82, 2.24) is 0 Å². The molecule has 1 aromatic rings. The van der Waals surface area contributed by atoms with Crippen LogP contribution in [0.25, 0.3) is 0 Å². The molecule has 0 fully saturated rings. The standard InChI is InChI=1S/C10H14BrOP/c1-6(2)5-7-8(11)3-4-9(13)10(7)12/h3-4,6,12H,5,13H2,1-2H3. The van der Waals surface area contributed by atoms with E-state index in [1.54, 1.807) is 0 Å². The first-order chi connectivity index (χ1) is 6.02. The van der Waals surface area contributed by atoms with E-state index in [1.807, 2.05) is 12.1 Å². The molecule has 1 atom stereocenters. The van der Waals surface area contributed by atoms with E-state index < -0.39 is 0 Å². The number of rotatable bonds is 2. The molecular weight excluding hydrogens is 247 g/mol. The van der Waals surface area contributed by atoms with E-state index >= 15 is 0 Å². The third-order valence-corrected chi connectivity index (χ3v) is 3.08. The molecule has 0 aromatic heterocycles. The molecule has 1 N–H and O–H groups in total. The Labute approximate surface area is 89.9 Å². The van der Waals surface area contributed by atoms with Gasteiger partial charge in [0.25, 0.3) is 0 Å². The summed E-state index contributed by atoms with van der Waals surface area (Å²) in [5.41, 5.74) is 1.00. The molecule has 1 rings (SSSR count). The normalized spacial score (nSPS) is 10.8. The van der Waals surface area contributed by atoms with Crippen LogP contribution in [0.4, 0.5) is 0 Å². The van der Waals surface area contributed by atoms with Gasteiger partial charge in [-0.3, -0.25) is 0 Å². The molecule has 0 radical (unpaired) electrons. The Morgan fingerprint density at radius 1 is 1.46 bits per heavy atom. The van der Waals surface area contributed by atoms with Gasteiger partial charge in [0.15, 0.2) is 0 Å². The lowest BCUT2D eigenvalue weighted by molar-refractivity contribution is 0.466. The Balaban J connectivity index is 3.10. The number of aromatic hydroxyl groups is 1. The minimum atomic E-state index is 0.396. The lowest BCUT2D eigenvalue weighted by atomic mass is 10.0. The second kappa shape index (κ2) is 4.43. The average Bonchev–Trinajstić information content (AvgIpc) is 2.05. The summed E-state index contributed by atoms with van der Waals surface area (Å²) in [6.45, 7) is 4.28. The van der Waals surface area contributed by atoms with Crippen LogP contribution < -0.4 is 5.30 Å². The average molecular weight is 261 g/mol. The minimum absolute atomic E-state index is 0.396. The molecule has 0 spiro atoms. The number of hydrogen-bond donors (Lipinski definition) is 1. The molecule has 0 heterocycles. The molecular formula is C10H14BrOP. The summed E-state index contributed by atoms with van der Waals surface area (Å²) in [4.78, 5) is 0. The highest BCUT2D eigenvalue weighted by molar-refractivity contribution is 9.10. The Morgan fingerprint density at radius 2 is 2.08 bits per heavy atom. The summed E-state index contributed by atoms with van der Waals surface area (Å²) in [5.74, 6) is 0.946. The van der Waals surface area contributed by atoms with Gasteiger partial charge in [-0.2, -0.15) is 0 Å². The summed E-state index contributed by atoms with van der Waals surface area (Å²) in [6.07, 6.45) is 0.897. The molecule has 0 saturated heterocycles. The van der Waals surface area contributed by atoms with E-state index in [0.29, 0.717) is 11.7 Å².